The highest BCUT2D eigenvalue weighted by atomic mass is 32.2. The Hall–Kier alpha value is -3.79. The van der Waals surface area contributed by atoms with E-state index < -0.39 is 0 Å². The Morgan fingerprint density at radius 3 is 1.95 bits per heavy atom. The molecule has 0 bridgehead atoms. The van der Waals surface area contributed by atoms with E-state index in [2.05, 4.69) is 140 Å². The SMILES string of the molecule is CC(C)Sc1ccc(N(c2ccccc2)c2cc3c4cc5ccccc5cc4sc3c3ccccc23)cc1. The molecule has 7 rings (SSSR count). The molecule has 0 saturated carbocycles. The fourth-order valence-corrected chi connectivity index (χ4v) is 7.49. The van der Waals surface area contributed by atoms with E-state index in [1.807, 2.05) is 23.1 Å². The van der Waals surface area contributed by atoms with Gasteiger partial charge in [-0.05, 0) is 65.4 Å². The van der Waals surface area contributed by atoms with E-state index in [4.69, 9.17) is 0 Å². The number of benzene rings is 6. The van der Waals surface area contributed by atoms with Crippen molar-refractivity contribution in [1.82, 2.24) is 0 Å². The minimum Gasteiger partial charge on any atom is -0.310 e. The quantitative estimate of drug-likeness (QED) is 0.206. The Labute approximate surface area is 231 Å². The molecule has 0 unspecified atom stereocenters. The fourth-order valence-electron chi connectivity index (χ4n) is 5.40. The van der Waals surface area contributed by atoms with Crippen molar-refractivity contribution >= 4 is 81.9 Å². The summed E-state index contributed by atoms with van der Waals surface area (Å²) in [6.45, 7) is 4.48. The highest BCUT2D eigenvalue weighted by Crippen LogP contribution is 2.47. The van der Waals surface area contributed by atoms with E-state index in [1.165, 1.54) is 58.0 Å². The summed E-state index contributed by atoms with van der Waals surface area (Å²) in [7, 11) is 0. The number of nitrogens with zero attached hydrogens (tertiary/aromatic N) is 1. The lowest BCUT2D eigenvalue weighted by molar-refractivity contribution is 1.11. The summed E-state index contributed by atoms with van der Waals surface area (Å²) in [5.41, 5.74) is 3.53. The molecule has 0 aliphatic rings. The summed E-state index contributed by atoms with van der Waals surface area (Å²) in [5.74, 6) is 0. The molecular formula is C35H27NS2. The second kappa shape index (κ2) is 9.50. The largest absolute Gasteiger partial charge is 0.310 e. The monoisotopic (exact) mass is 525 g/mol. The maximum Gasteiger partial charge on any atom is 0.0547 e. The molecule has 38 heavy (non-hydrogen) atoms. The van der Waals surface area contributed by atoms with E-state index in [0.29, 0.717) is 5.25 Å². The molecular weight excluding hydrogens is 499 g/mol. The van der Waals surface area contributed by atoms with E-state index in [0.717, 1.165) is 5.69 Å². The summed E-state index contributed by atoms with van der Waals surface area (Å²) >= 11 is 3.81. The lowest BCUT2D eigenvalue weighted by atomic mass is 10.0. The fraction of sp³-hybridized carbons (Fsp3) is 0.0857. The first-order valence-electron chi connectivity index (χ1n) is 13.0. The molecule has 0 N–H and O–H groups in total. The lowest BCUT2D eigenvalue weighted by Crippen LogP contribution is -2.10. The van der Waals surface area contributed by atoms with Crippen molar-refractivity contribution in [2.75, 3.05) is 4.90 Å². The molecule has 0 saturated heterocycles. The van der Waals surface area contributed by atoms with Gasteiger partial charge in [-0.1, -0.05) is 80.6 Å². The van der Waals surface area contributed by atoms with E-state index in [9.17, 15) is 0 Å². The normalized spacial score (nSPS) is 11.8. The van der Waals surface area contributed by atoms with Crippen LogP contribution in [0.3, 0.4) is 0 Å². The van der Waals surface area contributed by atoms with Gasteiger partial charge in [-0.2, -0.15) is 0 Å². The van der Waals surface area contributed by atoms with E-state index >= 15 is 0 Å². The third-order valence-corrected chi connectivity index (χ3v) is 9.26. The Morgan fingerprint density at radius 1 is 0.579 bits per heavy atom. The number of hydrogen-bond acceptors (Lipinski definition) is 3. The number of anilines is 3. The molecule has 0 radical (unpaired) electrons. The zero-order valence-electron chi connectivity index (χ0n) is 21.4. The van der Waals surface area contributed by atoms with Crippen molar-refractivity contribution in [3.63, 3.8) is 0 Å². The van der Waals surface area contributed by atoms with Crippen molar-refractivity contribution in [2.24, 2.45) is 0 Å². The maximum atomic E-state index is 2.41. The van der Waals surface area contributed by atoms with E-state index in [-0.39, 0.29) is 0 Å². The van der Waals surface area contributed by atoms with Gasteiger partial charge in [0.05, 0.1) is 5.69 Å². The van der Waals surface area contributed by atoms with Crippen LogP contribution in [-0.4, -0.2) is 5.25 Å². The Morgan fingerprint density at radius 2 is 1.21 bits per heavy atom. The van der Waals surface area contributed by atoms with Crippen LogP contribution in [0, 0.1) is 0 Å². The van der Waals surface area contributed by atoms with Crippen molar-refractivity contribution in [2.45, 2.75) is 24.0 Å². The van der Waals surface area contributed by atoms with Crippen LogP contribution in [0.1, 0.15) is 13.8 Å². The topological polar surface area (TPSA) is 3.24 Å². The second-order valence-corrected chi connectivity index (χ2v) is 12.6. The van der Waals surface area contributed by atoms with Crippen molar-refractivity contribution in [3.05, 3.63) is 121 Å². The summed E-state index contributed by atoms with van der Waals surface area (Å²) < 4.78 is 2.69. The standard InChI is InChI=1S/C35H27NS2/c1-23(2)37-28-18-16-27(17-19-28)36(26-12-4-3-5-13-26)33-22-32-31-20-24-10-6-7-11-25(24)21-34(31)38-35(32)30-15-9-8-14-29(30)33/h3-23H,1-2H3. The molecule has 0 fully saturated rings. The number of hydrogen-bond donors (Lipinski definition) is 0. The maximum absolute atomic E-state index is 2.41. The van der Waals surface area contributed by atoms with Gasteiger partial charge in [-0.15, -0.1) is 23.1 Å². The average Bonchev–Trinajstić information content (AvgIpc) is 3.31. The highest BCUT2D eigenvalue weighted by Gasteiger charge is 2.19. The third kappa shape index (κ3) is 4.03. The number of thioether (sulfide) groups is 1. The van der Waals surface area contributed by atoms with Crippen LogP contribution in [0.4, 0.5) is 17.1 Å². The van der Waals surface area contributed by atoms with Crippen molar-refractivity contribution in [1.29, 1.82) is 0 Å². The molecule has 0 spiro atoms. The van der Waals surface area contributed by atoms with Gasteiger partial charge in [0.1, 0.15) is 0 Å². The molecule has 3 heteroatoms. The molecule has 1 aromatic heterocycles. The average molecular weight is 526 g/mol. The molecule has 0 amide bonds. The summed E-state index contributed by atoms with van der Waals surface area (Å²) in [6.07, 6.45) is 0. The van der Waals surface area contributed by atoms with Crippen molar-refractivity contribution in [3.8, 4) is 0 Å². The molecule has 7 aromatic rings. The minimum absolute atomic E-state index is 0.556. The van der Waals surface area contributed by atoms with Gasteiger partial charge >= 0.3 is 0 Å². The van der Waals surface area contributed by atoms with Gasteiger partial charge in [0.15, 0.2) is 0 Å². The van der Waals surface area contributed by atoms with Crippen LogP contribution in [-0.2, 0) is 0 Å². The second-order valence-electron chi connectivity index (χ2n) is 9.95. The Kier molecular flexibility index (Phi) is 5.84. The number of thiophene rings is 1. The molecule has 0 atom stereocenters. The van der Waals surface area contributed by atoms with Gasteiger partial charge in [-0.3, -0.25) is 0 Å². The van der Waals surface area contributed by atoms with Crippen LogP contribution in [0.2, 0.25) is 0 Å². The van der Waals surface area contributed by atoms with Crippen LogP contribution in [0.25, 0.3) is 41.7 Å². The predicted octanol–water partition coefficient (Wildman–Crippen LogP) is 11.3. The van der Waals surface area contributed by atoms with Crippen LogP contribution < -0.4 is 4.90 Å². The van der Waals surface area contributed by atoms with Gasteiger partial charge < -0.3 is 4.90 Å². The summed E-state index contributed by atoms with van der Waals surface area (Å²) in [5, 5.41) is 8.35. The molecule has 0 aliphatic heterocycles. The molecule has 6 aromatic carbocycles. The van der Waals surface area contributed by atoms with Crippen LogP contribution >= 0.6 is 23.1 Å². The zero-order valence-corrected chi connectivity index (χ0v) is 23.0. The van der Waals surface area contributed by atoms with Gasteiger partial charge in [0.2, 0.25) is 0 Å². The third-order valence-electron chi connectivity index (χ3n) is 7.05. The number of para-hydroxylation sites is 1. The predicted molar refractivity (Wildman–Crippen MR) is 170 cm³/mol. The number of fused-ring (bicyclic) bond motifs is 6. The lowest BCUT2D eigenvalue weighted by Gasteiger charge is -2.27. The van der Waals surface area contributed by atoms with Gasteiger partial charge in [-0.25, -0.2) is 0 Å². The Bertz CT molecular complexity index is 1920. The molecule has 1 heterocycles. The number of rotatable bonds is 5. The molecule has 184 valence electrons. The van der Waals surface area contributed by atoms with Gasteiger partial charge in [0.25, 0.3) is 0 Å². The van der Waals surface area contributed by atoms with E-state index in [1.54, 1.807) is 0 Å². The van der Waals surface area contributed by atoms with Crippen molar-refractivity contribution < 1.29 is 0 Å². The smallest absolute Gasteiger partial charge is 0.0547 e. The Balaban J connectivity index is 1.52. The van der Waals surface area contributed by atoms with Crippen LogP contribution in [0.5, 0.6) is 0 Å². The first-order valence-corrected chi connectivity index (χ1v) is 14.7. The van der Waals surface area contributed by atoms with Crippen LogP contribution in [0.15, 0.2) is 126 Å². The highest BCUT2D eigenvalue weighted by molar-refractivity contribution is 7.99. The zero-order chi connectivity index (χ0) is 25.6. The van der Waals surface area contributed by atoms with Gasteiger partial charge in [0, 0.05) is 52.5 Å². The molecule has 0 aliphatic carbocycles. The first-order chi connectivity index (χ1) is 18.7. The summed E-state index contributed by atoms with van der Waals surface area (Å²) in [6, 6.07) is 44.4. The summed E-state index contributed by atoms with van der Waals surface area (Å²) in [4.78, 5) is 3.71. The minimum atomic E-state index is 0.556. The molecule has 1 nitrogen and oxygen atoms in total. The first kappa shape index (κ1) is 23.3.